The molecule has 0 aromatic carbocycles. The van der Waals surface area contributed by atoms with Crippen molar-refractivity contribution in [3.8, 4) is 11.5 Å². The van der Waals surface area contributed by atoms with Gasteiger partial charge in [-0.05, 0) is 26.0 Å². The lowest BCUT2D eigenvalue weighted by molar-refractivity contribution is 0.0930. The van der Waals surface area contributed by atoms with Crippen LogP contribution < -0.4 is 5.32 Å². The summed E-state index contributed by atoms with van der Waals surface area (Å²) in [5, 5.41) is 7.46. The summed E-state index contributed by atoms with van der Waals surface area (Å²) in [6.07, 6.45) is 3.32. The normalized spacial score (nSPS) is 12.3. The Balaban J connectivity index is 1.71. The van der Waals surface area contributed by atoms with Crippen LogP contribution in [0.2, 0.25) is 0 Å². The summed E-state index contributed by atoms with van der Waals surface area (Å²) < 4.78 is 10.3. The highest BCUT2D eigenvalue weighted by Gasteiger charge is 2.18. The molecule has 0 saturated carbocycles. The Kier molecular flexibility index (Phi) is 3.57. The number of carbonyl (C=O) groups is 1. The van der Waals surface area contributed by atoms with Crippen molar-refractivity contribution in [1.29, 1.82) is 0 Å². The van der Waals surface area contributed by atoms with Gasteiger partial charge in [0.05, 0.1) is 12.3 Å². The maximum absolute atomic E-state index is 12.1. The maximum Gasteiger partial charge on any atom is 0.274 e. The third kappa shape index (κ3) is 2.87. The molecule has 1 atom stereocenters. The number of hydrogen-bond acceptors (Lipinski definition) is 6. The molecule has 1 amide bonds. The van der Waals surface area contributed by atoms with Crippen LogP contribution in [-0.2, 0) is 0 Å². The van der Waals surface area contributed by atoms with E-state index in [-0.39, 0.29) is 17.6 Å². The van der Waals surface area contributed by atoms with Gasteiger partial charge in [0.2, 0.25) is 5.76 Å². The van der Waals surface area contributed by atoms with Gasteiger partial charge in [0.25, 0.3) is 5.91 Å². The second kappa shape index (κ2) is 5.53. The molecule has 3 aromatic heterocycles. The van der Waals surface area contributed by atoms with Crippen molar-refractivity contribution in [2.45, 2.75) is 19.9 Å². The zero-order valence-corrected chi connectivity index (χ0v) is 12.3. The number of hydrogen-bond donors (Lipinski definition) is 1. The van der Waals surface area contributed by atoms with Crippen LogP contribution in [0.15, 0.2) is 39.6 Å². The zero-order valence-electron chi connectivity index (χ0n) is 11.5. The van der Waals surface area contributed by atoms with Gasteiger partial charge in [-0.2, -0.15) is 0 Å². The average molecular weight is 303 g/mol. The van der Waals surface area contributed by atoms with Gasteiger partial charge >= 0.3 is 0 Å². The minimum Gasteiger partial charge on any atom is -0.461 e. The molecule has 21 heavy (non-hydrogen) atoms. The fourth-order valence-corrected chi connectivity index (χ4v) is 2.60. The van der Waals surface area contributed by atoms with E-state index in [1.807, 2.05) is 13.8 Å². The molecule has 3 aromatic rings. The van der Waals surface area contributed by atoms with Crippen LogP contribution in [0, 0.1) is 6.92 Å². The monoisotopic (exact) mass is 303 g/mol. The molecule has 0 spiro atoms. The largest absolute Gasteiger partial charge is 0.461 e. The van der Waals surface area contributed by atoms with E-state index < -0.39 is 0 Å². The van der Waals surface area contributed by atoms with Crippen molar-refractivity contribution in [2.24, 2.45) is 0 Å². The Labute approximate surface area is 124 Å². The van der Waals surface area contributed by atoms with Crippen LogP contribution in [0.1, 0.15) is 33.3 Å². The summed E-state index contributed by atoms with van der Waals surface area (Å²) >= 11 is 1.55. The van der Waals surface area contributed by atoms with E-state index >= 15 is 0 Å². The number of nitrogens with one attached hydrogen (secondary N) is 1. The van der Waals surface area contributed by atoms with Crippen molar-refractivity contribution in [2.75, 3.05) is 0 Å². The Morgan fingerprint density at radius 3 is 2.95 bits per heavy atom. The van der Waals surface area contributed by atoms with Crippen molar-refractivity contribution in [1.82, 2.24) is 15.5 Å². The first kappa shape index (κ1) is 13.6. The third-order valence-electron chi connectivity index (χ3n) is 2.86. The van der Waals surface area contributed by atoms with Gasteiger partial charge in [0, 0.05) is 17.1 Å². The van der Waals surface area contributed by atoms with Crippen LogP contribution in [-0.4, -0.2) is 16.0 Å². The molecule has 0 aliphatic carbocycles. The van der Waals surface area contributed by atoms with Crippen LogP contribution in [0.25, 0.3) is 11.5 Å². The van der Waals surface area contributed by atoms with Gasteiger partial charge in [-0.15, -0.1) is 11.3 Å². The van der Waals surface area contributed by atoms with Crippen molar-refractivity contribution in [3.05, 3.63) is 46.2 Å². The lowest BCUT2D eigenvalue weighted by atomic mass is 10.3. The number of nitrogens with zero attached hydrogens (tertiary/aromatic N) is 2. The molecule has 0 aliphatic rings. The number of thiazole rings is 1. The molecule has 0 saturated heterocycles. The van der Waals surface area contributed by atoms with Crippen LogP contribution >= 0.6 is 11.3 Å². The number of carbonyl (C=O) groups excluding carboxylic acids is 1. The molecule has 3 rings (SSSR count). The summed E-state index contributed by atoms with van der Waals surface area (Å²) in [5.74, 6) is 0.643. The fourth-order valence-electron chi connectivity index (χ4n) is 1.82. The summed E-state index contributed by atoms with van der Waals surface area (Å²) in [7, 11) is 0. The zero-order chi connectivity index (χ0) is 14.8. The highest BCUT2D eigenvalue weighted by molar-refractivity contribution is 7.11. The number of aryl methyl sites for hydroxylation is 1. The second-order valence-electron chi connectivity index (χ2n) is 4.56. The lowest BCUT2D eigenvalue weighted by Crippen LogP contribution is -2.26. The van der Waals surface area contributed by atoms with Crippen molar-refractivity contribution < 1.29 is 13.7 Å². The molecule has 108 valence electrons. The molecule has 6 nitrogen and oxygen atoms in total. The summed E-state index contributed by atoms with van der Waals surface area (Å²) in [6.45, 7) is 3.85. The first-order valence-electron chi connectivity index (χ1n) is 6.37. The summed E-state index contributed by atoms with van der Waals surface area (Å²) in [4.78, 5) is 17.5. The number of amides is 1. The van der Waals surface area contributed by atoms with Crippen LogP contribution in [0.3, 0.4) is 0 Å². The predicted molar refractivity (Wildman–Crippen MR) is 76.9 cm³/mol. The molecule has 7 heteroatoms. The predicted octanol–water partition coefficient (Wildman–Crippen LogP) is 3.19. The van der Waals surface area contributed by atoms with E-state index in [1.165, 1.54) is 6.26 Å². The fraction of sp³-hybridized carbons (Fsp3) is 0.214. The summed E-state index contributed by atoms with van der Waals surface area (Å²) in [6, 6.07) is 4.85. The lowest BCUT2D eigenvalue weighted by Gasteiger charge is -2.09. The Bertz CT molecular complexity index is 745. The van der Waals surface area contributed by atoms with Gasteiger partial charge in [0.1, 0.15) is 5.01 Å². The van der Waals surface area contributed by atoms with E-state index in [0.717, 1.165) is 9.88 Å². The number of furan rings is 1. The maximum atomic E-state index is 12.1. The van der Waals surface area contributed by atoms with Crippen molar-refractivity contribution in [3.63, 3.8) is 0 Å². The molecular formula is C14H13N3O3S. The quantitative estimate of drug-likeness (QED) is 0.800. The molecule has 0 radical (unpaired) electrons. The standard InChI is InChI=1S/C14H13N3O3S/c1-8-7-15-14(21-8)9(2)16-13(18)10-6-12(20-17-10)11-4-3-5-19-11/h3-7,9H,1-2H3,(H,16,18). The molecule has 3 heterocycles. The van der Waals surface area contributed by atoms with E-state index in [9.17, 15) is 4.79 Å². The molecule has 0 fully saturated rings. The van der Waals surface area contributed by atoms with E-state index in [1.54, 1.807) is 35.7 Å². The van der Waals surface area contributed by atoms with E-state index in [4.69, 9.17) is 8.94 Å². The van der Waals surface area contributed by atoms with Gasteiger partial charge < -0.3 is 14.3 Å². The minimum atomic E-state index is -0.308. The smallest absolute Gasteiger partial charge is 0.274 e. The summed E-state index contributed by atoms with van der Waals surface area (Å²) in [5.41, 5.74) is 0.210. The Morgan fingerprint density at radius 2 is 2.29 bits per heavy atom. The van der Waals surface area contributed by atoms with Gasteiger partial charge in [-0.25, -0.2) is 4.98 Å². The van der Waals surface area contributed by atoms with Gasteiger partial charge in [-0.1, -0.05) is 5.16 Å². The molecule has 1 unspecified atom stereocenters. The second-order valence-corrected chi connectivity index (χ2v) is 5.82. The van der Waals surface area contributed by atoms with Gasteiger partial charge in [0.15, 0.2) is 11.5 Å². The topological polar surface area (TPSA) is 81.2 Å². The minimum absolute atomic E-state index is 0.181. The Hall–Kier alpha value is -2.41. The first-order chi connectivity index (χ1) is 10.1. The molecule has 1 N–H and O–H groups in total. The number of aromatic nitrogens is 2. The SMILES string of the molecule is Cc1cnc(C(C)NC(=O)c2cc(-c3ccco3)on2)s1. The average Bonchev–Trinajstić information content (AvgIpc) is 3.19. The first-order valence-corrected chi connectivity index (χ1v) is 7.19. The van der Waals surface area contributed by atoms with E-state index in [0.29, 0.717) is 11.5 Å². The van der Waals surface area contributed by atoms with Crippen LogP contribution in [0.4, 0.5) is 0 Å². The van der Waals surface area contributed by atoms with Crippen LogP contribution in [0.5, 0.6) is 0 Å². The Morgan fingerprint density at radius 1 is 1.43 bits per heavy atom. The third-order valence-corrected chi connectivity index (χ3v) is 3.96. The van der Waals surface area contributed by atoms with Crippen molar-refractivity contribution >= 4 is 17.2 Å². The van der Waals surface area contributed by atoms with Gasteiger partial charge in [-0.3, -0.25) is 4.79 Å². The highest BCUT2D eigenvalue weighted by Crippen LogP contribution is 2.22. The number of rotatable bonds is 4. The van der Waals surface area contributed by atoms with E-state index in [2.05, 4.69) is 15.5 Å². The molecule has 0 aliphatic heterocycles. The highest BCUT2D eigenvalue weighted by atomic mass is 32.1. The molecule has 0 bridgehead atoms. The molecular weight excluding hydrogens is 290 g/mol.